The van der Waals surface area contributed by atoms with Crippen molar-refractivity contribution >= 4 is 17.7 Å². The molecule has 1 heterocycles. The van der Waals surface area contributed by atoms with Gasteiger partial charge in [0.15, 0.2) is 0 Å². The van der Waals surface area contributed by atoms with Crippen LogP contribution in [0.25, 0.3) is 0 Å². The van der Waals surface area contributed by atoms with Crippen LogP contribution in [0, 0.1) is 0 Å². The molecule has 0 spiro atoms. The third-order valence-electron chi connectivity index (χ3n) is 5.76. The lowest BCUT2D eigenvalue weighted by atomic mass is 9.82. The maximum Gasteiger partial charge on any atom is 0.409 e. The summed E-state index contributed by atoms with van der Waals surface area (Å²) >= 11 is 6.34. The second-order valence-corrected chi connectivity index (χ2v) is 7.77. The lowest BCUT2D eigenvalue weighted by Gasteiger charge is -2.39. The average Bonchev–Trinajstić information content (AvgIpc) is 2.67. The van der Waals surface area contributed by atoms with Gasteiger partial charge in [-0.15, -0.1) is 0 Å². The first-order valence-corrected chi connectivity index (χ1v) is 9.94. The van der Waals surface area contributed by atoms with Gasteiger partial charge in [0.05, 0.1) is 25.9 Å². The topological polar surface area (TPSA) is 64.8 Å². The van der Waals surface area contributed by atoms with E-state index in [9.17, 15) is 4.79 Å². The SMILES string of the molecule is COC(=O)N1CCC[C@H](N)[C@@H]1CO[C@H]1CC[C@@H](c2ccccc2Cl)CC1. The average molecular weight is 381 g/mol. The fourth-order valence-corrected chi connectivity index (χ4v) is 4.52. The summed E-state index contributed by atoms with van der Waals surface area (Å²) in [5, 5.41) is 0.860. The van der Waals surface area contributed by atoms with Crippen LogP contribution in [0.1, 0.15) is 50.0 Å². The van der Waals surface area contributed by atoms with Crippen LogP contribution in [0.15, 0.2) is 24.3 Å². The molecule has 1 amide bonds. The van der Waals surface area contributed by atoms with Gasteiger partial charge in [0.25, 0.3) is 0 Å². The maximum absolute atomic E-state index is 12.0. The molecule has 26 heavy (non-hydrogen) atoms. The highest BCUT2D eigenvalue weighted by atomic mass is 35.5. The second kappa shape index (κ2) is 9.07. The van der Waals surface area contributed by atoms with Crippen LogP contribution >= 0.6 is 11.6 Å². The monoisotopic (exact) mass is 380 g/mol. The molecule has 6 heteroatoms. The zero-order valence-corrected chi connectivity index (χ0v) is 16.2. The van der Waals surface area contributed by atoms with Crippen LogP contribution in [0.5, 0.6) is 0 Å². The molecule has 0 bridgehead atoms. The van der Waals surface area contributed by atoms with Crippen molar-refractivity contribution in [3.63, 3.8) is 0 Å². The van der Waals surface area contributed by atoms with E-state index in [4.69, 9.17) is 26.8 Å². The van der Waals surface area contributed by atoms with E-state index in [0.717, 1.165) is 43.5 Å². The number of carbonyl (C=O) groups excluding carboxylic acids is 1. The Bertz CT molecular complexity index is 604. The fourth-order valence-electron chi connectivity index (χ4n) is 4.23. The van der Waals surface area contributed by atoms with E-state index < -0.39 is 0 Å². The van der Waals surface area contributed by atoms with Crippen LogP contribution in [-0.4, -0.2) is 49.4 Å². The summed E-state index contributed by atoms with van der Waals surface area (Å²) in [6.07, 6.45) is 5.92. The Balaban J connectivity index is 1.51. The first-order chi connectivity index (χ1) is 12.6. The molecule has 0 aromatic heterocycles. The van der Waals surface area contributed by atoms with Crippen molar-refractivity contribution in [3.8, 4) is 0 Å². The smallest absolute Gasteiger partial charge is 0.409 e. The Morgan fingerprint density at radius 3 is 2.65 bits per heavy atom. The lowest BCUT2D eigenvalue weighted by molar-refractivity contribution is -0.0229. The Labute approximate surface area is 160 Å². The zero-order chi connectivity index (χ0) is 18.5. The number of ether oxygens (including phenoxy) is 2. The highest BCUT2D eigenvalue weighted by Crippen LogP contribution is 2.37. The van der Waals surface area contributed by atoms with Crippen molar-refractivity contribution in [1.82, 2.24) is 4.90 Å². The summed E-state index contributed by atoms with van der Waals surface area (Å²) < 4.78 is 11.1. The third-order valence-corrected chi connectivity index (χ3v) is 6.11. The zero-order valence-electron chi connectivity index (χ0n) is 15.4. The molecular formula is C20H29ClN2O3. The molecular weight excluding hydrogens is 352 g/mol. The Morgan fingerprint density at radius 2 is 1.96 bits per heavy atom. The van der Waals surface area contributed by atoms with Gasteiger partial charge >= 0.3 is 6.09 Å². The van der Waals surface area contributed by atoms with Crippen LogP contribution in [0.3, 0.4) is 0 Å². The van der Waals surface area contributed by atoms with Gasteiger partial charge in [-0.25, -0.2) is 4.79 Å². The normalized spacial score (nSPS) is 29.4. The summed E-state index contributed by atoms with van der Waals surface area (Å²) in [5.41, 5.74) is 7.50. The molecule has 144 valence electrons. The van der Waals surface area contributed by atoms with E-state index in [1.807, 2.05) is 12.1 Å². The summed E-state index contributed by atoms with van der Waals surface area (Å²) in [5.74, 6) is 0.507. The van der Waals surface area contributed by atoms with Crippen LogP contribution < -0.4 is 5.73 Å². The van der Waals surface area contributed by atoms with Gasteiger partial charge in [0, 0.05) is 17.6 Å². The molecule has 1 aliphatic heterocycles. The van der Waals surface area contributed by atoms with Crippen molar-refractivity contribution in [2.75, 3.05) is 20.3 Å². The molecule has 2 N–H and O–H groups in total. The molecule has 1 aromatic carbocycles. The van der Waals surface area contributed by atoms with Crippen molar-refractivity contribution in [3.05, 3.63) is 34.9 Å². The van der Waals surface area contributed by atoms with E-state index >= 15 is 0 Å². The van der Waals surface area contributed by atoms with Crippen molar-refractivity contribution < 1.29 is 14.3 Å². The summed E-state index contributed by atoms with van der Waals surface area (Å²) in [6.45, 7) is 1.17. The number of amides is 1. The number of carbonyl (C=O) groups is 1. The van der Waals surface area contributed by atoms with E-state index in [-0.39, 0.29) is 24.3 Å². The molecule has 1 aliphatic carbocycles. The molecule has 1 saturated heterocycles. The van der Waals surface area contributed by atoms with E-state index in [2.05, 4.69) is 12.1 Å². The van der Waals surface area contributed by atoms with E-state index in [0.29, 0.717) is 19.1 Å². The molecule has 5 nitrogen and oxygen atoms in total. The summed E-state index contributed by atoms with van der Waals surface area (Å²) in [7, 11) is 1.41. The van der Waals surface area contributed by atoms with Gasteiger partial charge in [0.1, 0.15) is 0 Å². The highest BCUT2D eigenvalue weighted by molar-refractivity contribution is 6.31. The largest absolute Gasteiger partial charge is 0.453 e. The van der Waals surface area contributed by atoms with Gasteiger partial charge in [-0.2, -0.15) is 0 Å². The van der Waals surface area contributed by atoms with Gasteiger partial charge in [0.2, 0.25) is 0 Å². The number of hydrogen-bond acceptors (Lipinski definition) is 4. The fraction of sp³-hybridized carbons (Fsp3) is 0.650. The number of nitrogens with two attached hydrogens (primary N) is 1. The van der Waals surface area contributed by atoms with Gasteiger partial charge in [-0.1, -0.05) is 29.8 Å². The summed E-state index contributed by atoms with van der Waals surface area (Å²) in [6, 6.07) is 7.96. The Morgan fingerprint density at radius 1 is 1.23 bits per heavy atom. The number of rotatable bonds is 4. The van der Waals surface area contributed by atoms with Crippen molar-refractivity contribution in [2.24, 2.45) is 5.73 Å². The van der Waals surface area contributed by atoms with Crippen LogP contribution in [0.4, 0.5) is 4.79 Å². The molecule has 2 fully saturated rings. The molecule has 2 atom stereocenters. The number of benzene rings is 1. The second-order valence-electron chi connectivity index (χ2n) is 7.37. The number of nitrogens with zero attached hydrogens (tertiary/aromatic N) is 1. The van der Waals surface area contributed by atoms with Crippen molar-refractivity contribution in [1.29, 1.82) is 0 Å². The number of methoxy groups -OCH3 is 1. The standard InChI is InChI=1S/C20H29ClN2O3/c1-25-20(24)23-12-4-7-18(22)19(23)13-26-15-10-8-14(9-11-15)16-5-2-3-6-17(16)21/h2-3,5-6,14-15,18-19H,4,7-13,22H2,1H3/t14-,15+,18-,19-/m0/s1. The van der Waals surface area contributed by atoms with Crippen molar-refractivity contribution in [2.45, 2.75) is 62.6 Å². The lowest BCUT2D eigenvalue weighted by Crippen LogP contribution is -2.56. The Kier molecular flexibility index (Phi) is 6.79. The molecule has 1 aromatic rings. The number of piperidine rings is 1. The first kappa shape index (κ1) is 19.5. The minimum Gasteiger partial charge on any atom is -0.453 e. The molecule has 3 rings (SSSR count). The number of hydrogen-bond donors (Lipinski definition) is 1. The van der Waals surface area contributed by atoms with E-state index in [1.54, 1.807) is 4.90 Å². The van der Waals surface area contributed by atoms with E-state index in [1.165, 1.54) is 12.7 Å². The molecule has 1 saturated carbocycles. The quantitative estimate of drug-likeness (QED) is 0.859. The third kappa shape index (κ3) is 4.51. The minimum absolute atomic E-state index is 0.0534. The number of halogens is 1. The Hall–Kier alpha value is -1.30. The predicted molar refractivity (Wildman–Crippen MR) is 103 cm³/mol. The number of likely N-dealkylation sites (tertiary alicyclic amines) is 1. The van der Waals surface area contributed by atoms with Gasteiger partial charge in [-0.3, -0.25) is 0 Å². The minimum atomic E-state index is -0.309. The van der Waals surface area contributed by atoms with Crippen LogP contribution in [0.2, 0.25) is 5.02 Å². The molecule has 0 radical (unpaired) electrons. The highest BCUT2D eigenvalue weighted by Gasteiger charge is 2.34. The van der Waals surface area contributed by atoms with Crippen LogP contribution in [-0.2, 0) is 9.47 Å². The maximum atomic E-state index is 12.0. The summed E-state index contributed by atoms with van der Waals surface area (Å²) in [4.78, 5) is 13.7. The van der Waals surface area contributed by atoms with Gasteiger partial charge in [-0.05, 0) is 56.1 Å². The van der Waals surface area contributed by atoms with Gasteiger partial charge < -0.3 is 20.1 Å². The first-order valence-electron chi connectivity index (χ1n) is 9.56. The predicted octanol–water partition coefficient (Wildman–Crippen LogP) is 3.94. The molecule has 0 unspecified atom stereocenters. The molecule has 2 aliphatic rings.